The molecule has 0 amide bonds. The number of carboxylic acid groups (broad SMARTS) is 1. The Morgan fingerprint density at radius 3 is 2.18 bits per heavy atom. The highest BCUT2D eigenvalue weighted by Crippen LogP contribution is 2.30. The van der Waals surface area contributed by atoms with Gasteiger partial charge in [-0.05, 0) is 32.0 Å². The molecule has 0 heterocycles. The van der Waals surface area contributed by atoms with Crippen LogP contribution in [0.1, 0.15) is 13.8 Å². The Bertz CT molecular complexity index is 564. The first-order valence-electron chi connectivity index (χ1n) is 4.54. The third kappa shape index (κ3) is 2.41. The van der Waals surface area contributed by atoms with Crippen LogP contribution in [0.5, 0.6) is 0 Å². The fraction of sp³-hybridized carbons (Fsp3) is 0.300. The third-order valence-corrected chi connectivity index (χ3v) is 5.52. The van der Waals surface area contributed by atoms with Crippen LogP contribution in [-0.2, 0) is 14.6 Å². The second-order valence-electron chi connectivity index (χ2n) is 3.89. The molecule has 0 aliphatic heterocycles. The lowest BCUT2D eigenvalue weighted by Gasteiger charge is -2.19. The molecule has 0 saturated carbocycles. The van der Waals surface area contributed by atoms with E-state index in [4.69, 9.17) is 28.3 Å². The van der Waals surface area contributed by atoms with Gasteiger partial charge >= 0.3 is 5.97 Å². The second kappa shape index (κ2) is 4.48. The molecule has 7 heteroatoms. The monoisotopic (exact) mass is 296 g/mol. The van der Waals surface area contributed by atoms with Gasteiger partial charge < -0.3 is 5.11 Å². The largest absolute Gasteiger partial charge is 0.480 e. The summed E-state index contributed by atoms with van der Waals surface area (Å²) in [6.07, 6.45) is 0. The van der Waals surface area contributed by atoms with E-state index in [0.717, 1.165) is 19.9 Å². The number of rotatable bonds is 3. The minimum absolute atomic E-state index is 0.0638. The van der Waals surface area contributed by atoms with Crippen LogP contribution in [0.3, 0.4) is 0 Å². The van der Waals surface area contributed by atoms with E-state index in [1.807, 2.05) is 0 Å². The van der Waals surface area contributed by atoms with Crippen molar-refractivity contribution in [3.63, 3.8) is 0 Å². The average Bonchev–Trinajstić information content (AvgIpc) is 2.21. The predicted octanol–water partition coefficient (Wildman–Crippen LogP) is 2.63. The molecule has 0 aromatic heterocycles. The van der Waals surface area contributed by atoms with Gasteiger partial charge in [0, 0.05) is 0 Å². The van der Waals surface area contributed by atoms with Gasteiger partial charge in [0.1, 0.15) is 0 Å². The fourth-order valence-electron chi connectivity index (χ4n) is 1.05. The number of aliphatic carboxylic acids is 1. The highest BCUT2D eigenvalue weighted by atomic mass is 35.5. The predicted molar refractivity (Wildman–Crippen MR) is 65.4 cm³/mol. The van der Waals surface area contributed by atoms with Crippen molar-refractivity contribution in [2.45, 2.75) is 23.5 Å². The molecule has 94 valence electrons. The van der Waals surface area contributed by atoms with Crippen LogP contribution >= 0.6 is 23.2 Å². The van der Waals surface area contributed by atoms with Crippen molar-refractivity contribution in [1.29, 1.82) is 0 Å². The zero-order chi connectivity index (χ0) is 13.4. The Kier molecular flexibility index (Phi) is 3.76. The van der Waals surface area contributed by atoms with Crippen molar-refractivity contribution >= 4 is 39.0 Å². The fourth-order valence-corrected chi connectivity index (χ4v) is 2.76. The van der Waals surface area contributed by atoms with Crippen molar-refractivity contribution in [3.05, 3.63) is 28.2 Å². The summed E-state index contributed by atoms with van der Waals surface area (Å²) in [6, 6.07) is 3.69. The van der Waals surface area contributed by atoms with Crippen LogP contribution < -0.4 is 0 Å². The van der Waals surface area contributed by atoms with E-state index in [2.05, 4.69) is 0 Å². The summed E-state index contributed by atoms with van der Waals surface area (Å²) in [6.45, 7) is 2.24. The number of sulfone groups is 1. The van der Waals surface area contributed by atoms with E-state index in [9.17, 15) is 13.2 Å². The number of carbonyl (C=O) groups is 1. The zero-order valence-electron chi connectivity index (χ0n) is 9.07. The van der Waals surface area contributed by atoms with Gasteiger partial charge in [-0.15, -0.1) is 0 Å². The number of halogens is 2. The molecule has 0 spiro atoms. The van der Waals surface area contributed by atoms with Crippen LogP contribution in [0.2, 0.25) is 10.0 Å². The van der Waals surface area contributed by atoms with Crippen LogP contribution in [0.4, 0.5) is 0 Å². The summed E-state index contributed by atoms with van der Waals surface area (Å²) in [5.74, 6) is -1.43. The summed E-state index contributed by atoms with van der Waals surface area (Å²) in [5.41, 5.74) is 0. The molecular weight excluding hydrogens is 287 g/mol. The summed E-state index contributed by atoms with van der Waals surface area (Å²) in [5, 5.41) is 9.19. The van der Waals surface area contributed by atoms with Crippen LogP contribution in [-0.4, -0.2) is 24.2 Å². The molecule has 1 aromatic carbocycles. The normalized spacial score (nSPS) is 12.5. The van der Waals surface area contributed by atoms with Crippen molar-refractivity contribution in [1.82, 2.24) is 0 Å². The van der Waals surface area contributed by atoms with E-state index < -0.39 is 20.6 Å². The second-order valence-corrected chi connectivity index (χ2v) is 7.21. The molecule has 0 atom stereocenters. The Balaban J connectivity index is 3.42. The zero-order valence-corrected chi connectivity index (χ0v) is 11.4. The summed E-state index contributed by atoms with van der Waals surface area (Å²) in [4.78, 5) is 10.8. The van der Waals surface area contributed by atoms with Gasteiger partial charge in [-0.2, -0.15) is 0 Å². The molecule has 4 nitrogen and oxygen atoms in total. The van der Waals surface area contributed by atoms with E-state index in [0.29, 0.717) is 0 Å². The average molecular weight is 297 g/mol. The Hall–Kier alpha value is -0.780. The molecule has 1 aromatic rings. The summed E-state index contributed by atoms with van der Waals surface area (Å²) in [7, 11) is -4.02. The highest BCUT2D eigenvalue weighted by molar-refractivity contribution is 7.93. The smallest absolute Gasteiger partial charge is 0.324 e. The first-order valence-corrected chi connectivity index (χ1v) is 6.77. The maximum Gasteiger partial charge on any atom is 0.324 e. The highest BCUT2D eigenvalue weighted by Gasteiger charge is 2.43. The lowest BCUT2D eigenvalue weighted by Crippen LogP contribution is -2.40. The first-order chi connectivity index (χ1) is 7.60. The quantitative estimate of drug-likeness (QED) is 0.931. The molecule has 0 saturated heterocycles. The van der Waals surface area contributed by atoms with Gasteiger partial charge in [0.2, 0.25) is 0 Å². The number of benzene rings is 1. The van der Waals surface area contributed by atoms with E-state index in [-0.39, 0.29) is 14.9 Å². The van der Waals surface area contributed by atoms with E-state index in [1.165, 1.54) is 12.1 Å². The maximum atomic E-state index is 12.1. The molecule has 0 aliphatic carbocycles. The SMILES string of the molecule is CC(C)(C(=O)O)S(=O)(=O)c1ccc(Cl)c(Cl)c1. The molecule has 0 aliphatic rings. The van der Waals surface area contributed by atoms with Crippen molar-refractivity contribution in [3.8, 4) is 0 Å². The number of hydrogen-bond acceptors (Lipinski definition) is 3. The first kappa shape index (κ1) is 14.3. The Morgan fingerprint density at radius 2 is 1.76 bits per heavy atom. The lowest BCUT2D eigenvalue weighted by atomic mass is 10.2. The van der Waals surface area contributed by atoms with Crippen molar-refractivity contribution in [2.24, 2.45) is 0 Å². The van der Waals surface area contributed by atoms with Gasteiger partial charge in [0.25, 0.3) is 0 Å². The molecule has 1 rings (SSSR count). The third-order valence-electron chi connectivity index (χ3n) is 2.39. The molecule has 0 bridgehead atoms. The summed E-state index contributed by atoms with van der Waals surface area (Å²) >= 11 is 11.4. The minimum atomic E-state index is -4.02. The van der Waals surface area contributed by atoms with E-state index in [1.54, 1.807) is 0 Å². The van der Waals surface area contributed by atoms with E-state index >= 15 is 0 Å². The standard InChI is InChI=1S/C10H10Cl2O4S/c1-10(2,9(13)14)17(15,16)6-3-4-7(11)8(12)5-6/h3-5H,1-2H3,(H,13,14). The minimum Gasteiger partial charge on any atom is -0.480 e. The van der Waals surface area contributed by atoms with Crippen molar-refractivity contribution < 1.29 is 18.3 Å². The van der Waals surface area contributed by atoms with Crippen molar-refractivity contribution in [2.75, 3.05) is 0 Å². The van der Waals surface area contributed by atoms with Crippen LogP contribution in [0, 0.1) is 0 Å². The lowest BCUT2D eigenvalue weighted by molar-refractivity contribution is -0.139. The van der Waals surface area contributed by atoms with Gasteiger partial charge in [0.15, 0.2) is 14.6 Å². The maximum absolute atomic E-state index is 12.1. The molecule has 0 unspecified atom stereocenters. The van der Waals surface area contributed by atoms with Gasteiger partial charge in [-0.25, -0.2) is 8.42 Å². The van der Waals surface area contributed by atoms with Gasteiger partial charge in [-0.3, -0.25) is 4.79 Å². The van der Waals surface area contributed by atoms with Gasteiger partial charge in [-0.1, -0.05) is 23.2 Å². The summed E-state index contributed by atoms with van der Waals surface area (Å²) < 4.78 is 22.2. The molecule has 1 N–H and O–H groups in total. The Morgan fingerprint density at radius 1 is 1.24 bits per heavy atom. The van der Waals surface area contributed by atoms with Gasteiger partial charge in [0.05, 0.1) is 14.9 Å². The molecule has 0 fully saturated rings. The molecule has 17 heavy (non-hydrogen) atoms. The van der Waals surface area contributed by atoms with Crippen LogP contribution in [0.25, 0.3) is 0 Å². The number of carboxylic acids is 1. The van der Waals surface area contributed by atoms with Crippen LogP contribution in [0.15, 0.2) is 23.1 Å². The number of hydrogen-bond donors (Lipinski definition) is 1. The molecular formula is C10H10Cl2O4S. The Labute approximate surface area is 109 Å². The molecule has 0 radical (unpaired) electrons. The topological polar surface area (TPSA) is 71.4 Å².